The lowest BCUT2D eigenvalue weighted by Gasteiger charge is -2.16. The van der Waals surface area contributed by atoms with Crippen LogP contribution in [0, 0.1) is 11.8 Å². The summed E-state index contributed by atoms with van der Waals surface area (Å²) < 4.78 is 0. The molecule has 0 bridgehead atoms. The first kappa shape index (κ1) is 14.1. The summed E-state index contributed by atoms with van der Waals surface area (Å²) in [5.74, 6) is -0.390. The molecule has 2 rings (SSSR count). The predicted molar refractivity (Wildman–Crippen MR) is 76.0 cm³/mol. The fraction of sp³-hybridized carbons (Fsp3) is 0.562. The van der Waals surface area contributed by atoms with Gasteiger partial charge in [0.15, 0.2) is 0 Å². The van der Waals surface area contributed by atoms with Crippen LogP contribution in [-0.2, 0) is 17.8 Å². The van der Waals surface area contributed by atoms with Crippen molar-refractivity contribution in [3.8, 4) is 0 Å². The largest absolute Gasteiger partial charge is 0.481 e. The Balaban J connectivity index is 1.79. The number of carbonyl (C=O) groups is 1. The van der Waals surface area contributed by atoms with E-state index in [-0.39, 0.29) is 5.92 Å². The Labute approximate surface area is 115 Å². The van der Waals surface area contributed by atoms with Crippen LogP contribution in [0.25, 0.3) is 0 Å². The normalized spacial score (nSPS) is 21.6. The van der Waals surface area contributed by atoms with Gasteiger partial charge in [-0.15, -0.1) is 0 Å². The van der Waals surface area contributed by atoms with Crippen LogP contribution in [0.1, 0.15) is 30.9 Å². The number of carboxylic acid groups (broad SMARTS) is 1. The number of hydrogen-bond donors (Lipinski definition) is 1. The van der Waals surface area contributed by atoms with Gasteiger partial charge in [0.05, 0.1) is 5.92 Å². The molecule has 3 nitrogen and oxygen atoms in total. The van der Waals surface area contributed by atoms with E-state index in [9.17, 15) is 4.79 Å². The van der Waals surface area contributed by atoms with E-state index in [0.717, 1.165) is 25.9 Å². The van der Waals surface area contributed by atoms with Crippen molar-refractivity contribution in [1.82, 2.24) is 4.90 Å². The number of carboxylic acids is 1. The first-order chi connectivity index (χ1) is 9.10. The summed E-state index contributed by atoms with van der Waals surface area (Å²) in [6.45, 7) is 3.97. The molecule has 0 spiro atoms. The molecule has 1 aliphatic carbocycles. The van der Waals surface area contributed by atoms with Crippen molar-refractivity contribution in [1.29, 1.82) is 0 Å². The van der Waals surface area contributed by atoms with Crippen LogP contribution in [-0.4, -0.2) is 29.6 Å². The number of rotatable bonds is 7. The maximum Gasteiger partial charge on any atom is 0.306 e. The number of benzene rings is 1. The molecule has 1 saturated carbocycles. The molecule has 2 unspecified atom stereocenters. The third-order valence-electron chi connectivity index (χ3n) is 3.80. The molecule has 0 aromatic heterocycles. The highest BCUT2D eigenvalue weighted by Crippen LogP contribution is 2.39. The van der Waals surface area contributed by atoms with Gasteiger partial charge in [0.2, 0.25) is 0 Å². The second kappa shape index (κ2) is 6.20. The molecule has 104 valence electrons. The zero-order valence-corrected chi connectivity index (χ0v) is 11.8. The molecular weight excluding hydrogens is 238 g/mol. The molecule has 0 radical (unpaired) electrons. The second-order valence-electron chi connectivity index (χ2n) is 5.70. The van der Waals surface area contributed by atoms with Gasteiger partial charge in [-0.25, -0.2) is 0 Å². The highest BCUT2D eigenvalue weighted by Gasteiger charge is 2.43. The predicted octanol–water partition coefficient (Wildman–Crippen LogP) is 2.79. The van der Waals surface area contributed by atoms with Gasteiger partial charge in [0.25, 0.3) is 0 Å². The lowest BCUT2D eigenvalue weighted by molar-refractivity contribution is -0.138. The summed E-state index contributed by atoms with van der Waals surface area (Å²) >= 11 is 0. The summed E-state index contributed by atoms with van der Waals surface area (Å²) in [6.07, 6.45) is 3.16. The van der Waals surface area contributed by atoms with E-state index in [1.165, 1.54) is 17.5 Å². The third-order valence-corrected chi connectivity index (χ3v) is 3.80. The van der Waals surface area contributed by atoms with Crippen LogP contribution in [0.3, 0.4) is 0 Å². The molecule has 2 atom stereocenters. The van der Waals surface area contributed by atoms with E-state index in [4.69, 9.17) is 5.11 Å². The van der Waals surface area contributed by atoms with E-state index >= 15 is 0 Å². The van der Waals surface area contributed by atoms with E-state index in [1.54, 1.807) is 0 Å². The maximum atomic E-state index is 10.8. The van der Waals surface area contributed by atoms with E-state index in [0.29, 0.717) is 5.92 Å². The molecular formula is C16H23NO2. The highest BCUT2D eigenvalue weighted by atomic mass is 16.4. The molecule has 1 aliphatic rings. The molecule has 0 heterocycles. The van der Waals surface area contributed by atoms with Gasteiger partial charge in [0, 0.05) is 13.1 Å². The highest BCUT2D eigenvalue weighted by molar-refractivity contribution is 5.73. The monoisotopic (exact) mass is 261 g/mol. The average molecular weight is 261 g/mol. The van der Waals surface area contributed by atoms with Gasteiger partial charge in [-0.3, -0.25) is 4.79 Å². The van der Waals surface area contributed by atoms with Crippen LogP contribution in [0.15, 0.2) is 24.3 Å². The number of hydrogen-bond acceptors (Lipinski definition) is 2. The SMILES string of the molecule is CCCc1ccc(CN(C)CC2CC2C(=O)O)cc1. The Hall–Kier alpha value is -1.35. The topological polar surface area (TPSA) is 40.5 Å². The van der Waals surface area contributed by atoms with E-state index in [1.807, 2.05) is 0 Å². The van der Waals surface area contributed by atoms with Crippen molar-refractivity contribution in [2.45, 2.75) is 32.7 Å². The van der Waals surface area contributed by atoms with Crippen LogP contribution >= 0.6 is 0 Å². The van der Waals surface area contributed by atoms with Crippen LogP contribution in [0.5, 0.6) is 0 Å². The summed E-state index contributed by atoms with van der Waals surface area (Å²) in [5.41, 5.74) is 2.69. The molecule has 1 aromatic carbocycles. The average Bonchev–Trinajstić information content (AvgIpc) is 3.11. The molecule has 0 aliphatic heterocycles. The molecule has 19 heavy (non-hydrogen) atoms. The fourth-order valence-corrected chi connectivity index (χ4v) is 2.63. The van der Waals surface area contributed by atoms with E-state index < -0.39 is 5.97 Å². The Kier molecular flexibility index (Phi) is 4.59. The lowest BCUT2D eigenvalue weighted by Crippen LogP contribution is -2.21. The Morgan fingerprint density at radius 1 is 1.32 bits per heavy atom. The van der Waals surface area contributed by atoms with Gasteiger partial charge in [-0.05, 0) is 36.9 Å². The van der Waals surface area contributed by atoms with Crippen LogP contribution in [0.2, 0.25) is 0 Å². The van der Waals surface area contributed by atoms with Crippen molar-refractivity contribution in [3.63, 3.8) is 0 Å². The fourth-order valence-electron chi connectivity index (χ4n) is 2.63. The van der Waals surface area contributed by atoms with Gasteiger partial charge < -0.3 is 10.0 Å². The first-order valence-electron chi connectivity index (χ1n) is 7.09. The molecule has 1 fully saturated rings. The minimum Gasteiger partial charge on any atom is -0.481 e. The molecule has 0 amide bonds. The summed E-state index contributed by atoms with van der Waals surface area (Å²) in [5, 5.41) is 8.89. The smallest absolute Gasteiger partial charge is 0.306 e. The van der Waals surface area contributed by atoms with Gasteiger partial charge in [0.1, 0.15) is 0 Å². The third kappa shape index (κ3) is 4.06. The minimum atomic E-state index is -0.637. The van der Waals surface area contributed by atoms with Crippen molar-refractivity contribution in [3.05, 3.63) is 35.4 Å². The van der Waals surface area contributed by atoms with Gasteiger partial charge in [-0.2, -0.15) is 0 Å². The maximum absolute atomic E-state index is 10.8. The first-order valence-corrected chi connectivity index (χ1v) is 7.09. The van der Waals surface area contributed by atoms with Crippen LogP contribution in [0.4, 0.5) is 0 Å². The van der Waals surface area contributed by atoms with Crippen molar-refractivity contribution in [2.75, 3.05) is 13.6 Å². The molecule has 1 aromatic rings. The summed E-state index contributed by atoms with van der Waals surface area (Å²) in [4.78, 5) is 13.0. The number of aryl methyl sites for hydroxylation is 1. The van der Waals surface area contributed by atoms with E-state index in [2.05, 4.69) is 43.1 Å². The second-order valence-corrected chi connectivity index (χ2v) is 5.70. The van der Waals surface area contributed by atoms with Gasteiger partial charge >= 0.3 is 5.97 Å². The van der Waals surface area contributed by atoms with Gasteiger partial charge in [-0.1, -0.05) is 37.6 Å². The Morgan fingerprint density at radius 3 is 2.47 bits per heavy atom. The molecule has 1 N–H and O–H groups in total. The standard InChI is InChI=1S/C16H23NO2/c1-3-4-12-5-7-13(8-6-12)10-17(2)11-14-9-15(14)16(18)19/h5-8,14-15H,3-4,9-11H2,1-2H3,(H,18,19). The van der Waals surface area contributed by atoms with Crippen molar-refractivity contribution < 1.29 is 9.90 Å². The van der Waals surface area contributed by atoms with Crippen LogP contribution < -0.4 is 0 Å². The Morgan fingerprint density at radius 2 is 1.95 bits per heavy atom. The number of nitrogens with zero attached hydrogens (tertiary/aromatic N) is 1. The van der Waals surface area contributed by atoms with Crippen molar-refractivity contribution in [2.24, 2.45) is 11.8 Å². The summed E-state index contributed by atoms with van der Waals surface area (Å²) in [6, 6.07) is 8.76. The zero-order valence-electron chi connectivity index (χ0n) is 11.8. The lowest BCUT2D eigenvalue weighted by atomic mass is 10.1. The molecule has 3 heteroatoms. The van der Waals surface area contributed by atoms with Crippen molar-refractivity contribution >= 4 is 5.97 Å². The number of aliphatic carboxylic acids is 1. The summed E-state index contributed by atoms with van der Waals surface area (Å²) in [7, 11) is 2.07. The zero-order chi connectivity index (χ0) is 13.8. The minimum absolute atomic E-state index is 0.102. The molecule has 0 saturated heterocycles. The quantitative estimate of drug-likeness (QED) is 0.820. The Bertz CT molecular complexity index is 427.